The Kier molecular flexibility index (Phi) is 6.68. The van der Waals surface area contributed by atoms with Gasteiger partial charge in [-0.1, -0.05) is 34.8 Å². The van der Waals surface area contributed by atoms with Crippen LogP contribution in [0.2, 0.25) is 0 Å². The van der Waals surface area contributed by atoms with Crippen molar-refractivity contribution in [3.05, 3.63) is 0 Å². The van der Waals surface area contributed by atoms with Crippen molar-refractivity contribution in [2.75, 3.05) is 26.7 Å². The molecule has 0 aromatic carbocycles. The summed E-state index contributed by atoms with van der Waals surface area (Å²) in [7, 11) is 0. The van der Waals surface area contributed by atoms with Gasteiger partial charge in [-0.05, 0) is 0 Å². The predicted molar refractivity (Wildman–Crippen MR) is 82.8 cm³/mol. The van der Waals surface area contributed by atoms with Gasteiger partial charge in [0.2, 0.25) is 0 Å². The topological polar surface area (TPSA) is 152 Å². The van der Waals surface area contributed by atoms with E-state index in [1.54, 1.807) is 0 Å². The maximum absolute atomic E-state index is 9.63. The summed E-state index contributed by atoms with van der Waals surface area (Å²) in [5.41, 5.74) is 12.0. The minimum atomic E-state index is -1.79. The zero-order valence-electron chi connectivity index (χ0n) is 11.7. The first-order valence-corrected chi connectivity index (χ1v) is 7.43. The van der Waals surface area contributed by atoms with Crippen molar-refractivity contribution >= 4 is 40.6 Å². The van der Waals surface area contributed by atoms with Gasteiger partial charge in [0.05, 0.1) is 13.2 Å². The van der Waals surface area contributed by atoms with Gasteiger partial charge in [0.15, 0.2) is 15.4 Å². The van der Waals surface area contributed by atoms with Crippen LogP contribution in [0, 0.1) is 0 Å². The van der Waals surface area contributed by atoms with Crippen LogP contribution in [-0.4, -0.2) is 78.1 Å². The molecule has 2 atom stereocenters. The second-order valence-corrected chi connectivity index (χ2v) is 7.37. The van der Waals surface area contributed by atoms with E-state index in [4.69, 9.17) is 46.3 Å². The van der Waals surface area contributed by atoms with Crippen LogP contribution >= 0.6 is 34.8 Å². The maximum Gasteiger partial charge on any atom is 0.194 e. The molecule has 22 heavy (non-hydrogen) atoms. The third-order valence-corrected chi connectivity index (χ3v) is 3.98. The van der Waals surface area contributed by atoms with Crippen LogP contribution in [0.25, 0.3) is 0 Å². The fourth-order valence-corrected chi connectivity index (χ4v) is 2.52. The lowest BCUT2D eigenvalue weighted by atomic mass is 10.1. The highest BCUT2D eigenvalue weighted by atomic mass is 35.6. The molecule has 12 heteroatoms. The van der Waals surface area contributed by atoms with E-state index in [1.807, 2.05) is 0 Å². The molecule has 1 heterocycles. The third kappa shape index (κ3) is 3.93. The Hall–Kier alpha value is 0.0600. The summed E-state index contributed by atoms with van der Waals surface area (Å²) >= 11 is 17.1. The highest BCUT2D eigenvalue weighted by molar-refractivity contribution is 6.67. The number of amidine groups is 1. The Morgan fingerprint density at radius 1 is 1.05 bits per heavy atom. The predicted octanol–water partition coefficient (Wildman–Crippen LogP) is -1.74. The monoisotopic (exact) mass is 379 g/mol. The van der Waals surface area contributed by atoms with Crippen LogP contribution in [0.1, 0.15) is 12.8 Å². The normalized spacial score (nSPS) is 30.6. The Morgan fingerprint density at radius 2 is 1.64 bits per heavy atom. The largest absolute Gasteiger partial charge is 0.391 e. The highest BCUT2D eigenvalue weighted by Crippen LogP contribution is 2.34. The van der Waals surface area contributed by atoms with E-state index in [9.17, 15) is 20.4 Å². The summed E-state index contributed by atoms with van der Waals surface area (Å²) in [5.74, 6) is -3.45. The Bertz CT molecular complexity index is 424. The van der Waals surface area contributed by atoms with Crippen molar-refractivity contribution in [1.82, 2.24) is 9.80 Å². The summed E-state index contributed by atoms with van der Waals surface area (Å²) in [5, 5.41) is 38.2. The summed E-state index contributed by atoms with van der Waals surface area (Å²) in [6.45, 7) is -2.75. The highest BCUT2D eigenvalue weighted by Gasteiger charge is 2.52. The zero-order chi connectivity index (χ0) is 17.2. The van der Waals surface area contributed by atoms with Crippen LogP contribution in [-0.2, 0) is 0 Å². The van der Waals surface area contributed by atoms with E-state index in [2.05, 4.69) is 4.99 Å². The molecular weight excluding hydrogens is 361 g/mol. The van der Waals surface area contributed by atoms with Gasteiger partial charge in [0.1, 0.15) is 19.3 Å². The van der Waals surface area contributed by atoms with Crippen molar-refractivity contribution in [2.24, 2.45) is 16.5 Å². The number of nitrogens with zero attached hydrogens (tertiary/aromatic N) is 3. The molecule has 0 bridgehead atoms. The third-order valence-electron chi connectivity index (χ3n) is 3.42. The van der Waals surface area contributed by atoms with Gasteiger partial charge in [0.25, 0.3) is 0 Å². The molecule has 9 nitrogen and oxygen atoms in total. The maximum atomic E-state index is 9.63. The van der Waals surface area contributed by atoms with Crippen LogP contribution in [0.4, 0.5) is 0 Å². The molecule has 0 fully saturated rings. The lowest BCUT2D eigenvalue weighted by molar-refractivity contribution is -0.181. The van der Waals surface area contributed by atoms with E-state index in [0.29, 0.717) is 0 Å². The van der Waals surface area contributed by atoms with Crippen LogP contribution in [0.15, 0.2) is 4.99 Å². The first-order chi connectivity index (χ1) is 10.1. The van der Waals surface area contributed by atoms with E-state index in [0.717, 1.165) is 9.80 Å². The minimum Gasteiger partial charge on any atom is -0.391 e. The fraction of sp³-hybridized carbons (Fsp3) is 0.900. The fourth-order valence-electron chi connectivity index (χ4n) is 2.23. The molecule has 0 saturated heterocycles. The van der Waals surface area contributed by atoms with Crippen LogP contribution in [0.5, 0.6) is 0 Å². The van der Waals surface area contributed by atoms with Gasteiger partial charge in [-0.2, -0.15) is 0 Å². The molecule has 0 aliphatic carbocycles. The molecule has 1 aliphatic rings. The standard InChI is InChI=1S/C10H20Cl3N5O4/c11-8(12,13)2-1-7-16-9(14,3-19)18(6-22)10(15,4-20)17(7)5-21/h19-22H,1-6,14-15H2. The second kappa shape index (κ2) is 7.31. The van der Waals surface area contributed by atoms with Gasteiger partial charge >= 0.3 is 0 Å². The summed E-state index contributed by atoms with van der Waals surface area (Å²) in [6.07, 6.45) is 0.101. The van der Waals surface area contributed by atoms with Gasteiger partial charge in [-0.15, -0.1) is 0 Å². The van der Waals surface area contributed by atoms with Crippen LogP contribution in [0.3, 0.4) is 0 Å². The Balaban J connectivity index is 3.27. The number of hydrogen-bond acceptors (Lipinski definition) is 9. The minimum absolute atomic E-state index is 0.0368. The number of nitrogens with two attached hydrogens (primary N) is 2. The van der Waals surface area contributed by atoms with Crippen molar-refractivity contribution in [3.63, 3.8) is 0 Å². The van der Waals surface area contributed by atoms with E-state index >= 15 is 0 Å². The summed E-state index contributed by atoms with van der Waals surface area (Å²) < 4.78 is -1.56. The molecule has 2 unspecified atom stereocenters. The van der Waals surface area contributed by atoms with Crippen molar-refractivity contribution in [3.8, 4) is 0 Å². The number of alkyl halides is 3. The lowest BCUT2D eigenvalue weighted by Gasteiger charge is -2.55. The second-order valence-electron chi connectivity index (χ2n) is 4.86. The average molecular weight is 381 g/mol. The number of aliphatic hydroxyl groups is 4. The molecule has 1 aliphatic heterocycles. The first kappa shape index (κ1) is 20.1. The molecular formula is C10H20Cl3N5O4. The number of aliphatic hydroxyl groups excluding tert-OH is 4. The molecule has 0 radical (unpaired) electrons. The molecule has 0 aromatic rings. The van der Waals surface area contributed by atoms with Gasteiger partial charge in [0, 0.05) is 12.8 Å². The van der Waals surface area contributed by atoms with Gasteiger partial charge in [-0.3, -0.25) is 11.5 Å². The van der Waals surface area contributed by atoms with Crippen LogP contribution < -0.4 is 11.5 Å². The summed E-state index contributed by atoms with van der Waals surface area (Å²) in [6, 6.07) is 0. The molecule has 0 saturated carbocycles. The zero-order valence-corrected chi connectivity index (χ0v) is 13.9. The number of halogens is 3. The van der Waals surface area contributed by atoms with E-state index < -0.39 is 42.0 Å². The molecule has 8 N–H and O–H groups in total. The Morgan fingerprint density at radius 3 is 2.00 bits per heavy atom. The molecule has 1 rings (SSSR count). The number of hydrogen-bond donors (Lipinski definition) is 6. The van der Waals surface area contributed by atoms with Crippen molar-refractivity contribution < 1.29 is 20.4 Å². The van der Waals surface area contributed by atoms with Crippen molar-refractivity contribution in [1.29, 1.82) is 0 Å². The summed E-state index contributed by atoms with van der Waals surface area (Å²) in [4.78, 5) is 6.16. The SMILES string of the molecule is NC1(CO)N=C(CCC(Cl)(Cl)Cl)N(CO)C(N)(CO)N1CO. The van der Waals surface area contributed by atoms with Gasteiger partial charge < -0.3 is 25.3 Å². The van der Waals surface area contributed by atoms with E-state index in [1.165, 1.54) is 0 Å². The first-order valence-electron chi connectivity index (χ1n) is 6.30. The van der Waals surface area contributed by atoms with Gasteiger partial charge in [-0.25, -0.2) is 9.89 Å². The molecule has 0 amide bonds. The number of rotatable bonds is 6. The molecule has 0 aromatic heterocycles. The quantitative estimate of drug-likeness (QED) is 0.297. The lowest BCUT2D eigenvalue weighted by Crippen LogP contribution is -2.81. The van der Waals surface area contributed by atoms with E-state index in [-0.39, 0.29) is 18.7 Å². The average Bonchev–Trinajstić information content (AvgIpc) is 2.44. The molecule has 130 valence electrons. The van der Waals surface area contributed by atoms with Crippen molar-refractivity contribution in [2.45, 2.75) is 28.2 Å². The smallest absolute Gasteiger partial charge is 0.194 e. The Labute approximate surface area is 142 Å². The number of aliphatic imine (C=N–C) groups is 1. The molecule has 0 spiro atoms.